The molecule has 2 atom stereocenters. The van der Waals surface area contributed by atoms with Crippen molar-refractivity contribution in [3.8, 4) is 5.75 Å². The van der Waals surface area contributed by atoms with Crippen molar-refractivity contribution in [3.63, 3.8) is 0 Å². The SMILES string of the molecule is CCOC(=O)CCC(NC(=O)c1cc(OCC(=O)N2CCCC2C(=O)NC2CCC2)c2c(F)cccc2n1)C(=O)N1CCN(C(=O)OCC)CC1. The lowest BCUT2D eigenvalue weighted by Gasteiger charge is -2.36. The zero-order chi connectivity index (χ0) is 36.5. The Morgan fingerprint density at radius 2 is 1.67 bits per heavy atom. The summed E-state index contributed by atoms with van der Waals surface area (Å²) in [4.78, 5) is 86.7. The van der Waals surface area contributed by atoms with E-state index < -0.39 is 54.3 Å². The summed E-state index contributed by atoms with van der Waals surface area (Å²) < 4.78 is 31.0. The highest BCUT2D eigenvalue weighted by Crippen LogP contribution is 2.29. The third kappa shape index (κ3) is 9.21. The minimum Gasteiger partial charge on any atom is -0.483 e. The monoisotopic (exact) mass is 712 g/mol. The number of benzene rings is 1. The number of esters is 1. The molecule has 16 heteroatoms. The number of aromatic nitrogens is 1. The number of rotatable bonds is 13. The standard InChI is InChI=1S/C35H45FN6O9/c1-3-49-30(44)14-13-25(34(47)40-16-18-41(19-17-40)35(48)50-4-2)39-32(45)26-20-28(31-23(36)10-6-11-24(31)38-26)51-21-29(43)42-15-7-12-27(42)33(46)37-22-8-5-9-22/h6,10-11,20,22,25,27H,3-5,7-9,12-19,21H2,1-2H3,(H,37,46)(H,39,45). The maximum absolute atomic E-state index is 15.1. The van der Waals surface area contributed by atoms with Crippen molar-refractivity contribution in [2.75, 3.05) is 52.5 Å². The molecule has 2 saturated heterocycles. The minimum atomic E-state index is -1.16. The predicted molar refractivity (Wildman–Crippen MR) is 180 cm³/mol. The van der Waals surface area contributed by atoms with E-state index in [-0.39, 0.29) is 86.5 Å². The van der Waals surface area contributed by atoms with Crippen LogP contribution in [0.5, 0.6) is 5.75 Å². The van der Waals surface area contributed by atoms with E-state index in [1.165, 1.54) is 39.0 Å². The van der Waals surface area contributed by atoms with Gasteiger partial charge in [0.25, 0.3) is 11.8 Å². The van der Waals surface area contributed by atoms with Crippen molar-refractivity contribution in [1.29, 1.82) is 0 Å². The van der Waals surface area contributed by atoms with Crippen LogP contribution in [0.1, 0.15) is 69.3 Å². The molecule has 1 aromatic heterocycles. The number of carbonyl (C=O) groups excluding carboxylic acids is 6. The molecule has 0 radical (unpaired) electrons. The molecule has 1 aliphatic carbocycles. The molecule has 2 N–H and O–H groups in total. The van der Waals surface area contributed by atoms with Gasteiger partial charge in [0.05, 0.1) is 24.1 Å². The topological polar surface area (TPSA) is 177 Å². The third-order valence-electron chi connectivity index (χ3n) is 9.32. The maximum Gasteiger partial charge on any atom is 0.409 e. The number of ether oxygens (including phenoxy) is 3. The molecule has 3 heterocycles. The van der Waals surface area contributed by atoms with Crippen molar-refractivity contribution in [1.82, 2.24) is 30.3 Å². The molecule has 2 unspecified atom stereocenters. The number of amides is 5. The highest BCUT2D eigenvalue weighted by Gasteiger charge is 2.36. The number of carbonyl (C=O) groups is 6. The quantitative estimate of drug-likeness (QED) is 0.293. The van der Waals surface area contributed by atoms with Crippen LogP contribution in [0.15, 0.2) is 24.3 Å². The van der Waals surface area contributed by atoms with Crippen molar-refractivity contribution < 1.29 is 47.4 Å². The molecule has 3 aliphatic rings. The second kappa shape index (κ2) is 17.3. The van der Waals surface area contributed by atoms with Crippen LogP contribution in [0.2, 0.25) is 0 Å². The average Bonchev–Trinajstić information content (AvgIpc) is 3.61. The summed E-state index contributed by atoms with van der Waals surface area (Å²) in [5.74, 6) is -3.26. The van der Waals surface area contributed by atoms with Crippen LogP contribution >= 0.6 is 0 Å². The van der Waals surface area contributed by atoms with E-state index in [4.69, 9.17) is 14.2 Å². The second-order valence-electron chi connectivity index (χ2n) is 12.7. The number of likely N-dealkylation sites (tertiary alicyclic amines) is 1. The van der Waals surface area contributed by atoms with Gasteiger partial charge in [0, 0.05) is 51.3 Å². The lowest BCUT2D eigenvalue weighted by molar-refractivity contribution is -0.143. The van der Waals surface area contributed by atoms with Crippen molar-refractivity contribution in [2.24, 2.45) is 0 Å². The van der Waals surface area contributed by atoms with Crippen LogP contribution in [0.3, 0.4) is 0 Å². The number of fused-ring (bicyclic) bond motifs is 1. The Labute approximate surface area is 295 Å². The third-order valence-corrected chi connectivity index (χ3v) is 9.32. The summed E-state index contributed by atoms with van der Waals surface area (Å²) in [5, 5.41) is 5.62. The number of hydrogen-bond donors (Lipinski definition) is 2. The summed E-state index contributed by atoms with van der Waals surface area (Å²) in [6.45, 7) is 4.41. The van der Waals surface area contributed by atoms with E-state index >= 15 is 4.39 Å². The van der Waals surface area contributed by atoms with E-state index in [2.05, 4.69) is 15.6 Å². The summed E-state index contributed by atoms with van der Waals surface area (Å²) >= 11 is 0. The highest BCUT2D eigenvalue weighted by molar-refractivity contribution is 5.99. The zero-order valence-electron chi connectivity index (χ0n) is 29.0. The van der Waals surface area contributed by atoms with Gasteiger partial charge in [-0.2, -0.15) is 0 Å². The summed E-state index contributed by atoms with van der Waals surface area (Å²) in [6, 6.07) is 3.64. The Hall–Kier alpha value is -5.02. The molecule has 51 heavy (non-hydrogen) atoms. The van der Waals surface area contributed by atoms with Crippen LogP contribution < -0.4 is 15.4 Å². The molecule has 276 valence electrons. The van der Waals surface area contributed by atoms with E-state index in [9.17, 15) is 28.8 Å². The molecule has 15 nitrogen and oxygen atoms in total. The first kappa shape index (κ1) is 37.2. The number of nitrogens with one attached hydrogen (secondary N) is 2. The van der Waals surface area contributed by atoms with Crippen LogP contribution in [-0.2, 0) is 28.7 Å². The second-order valence-corrected chi connectivity index (χ2v) is 12.7. The normalized spacial score (nSPS) is 18.1. The molecule has 2 aromatic rings. The zero-order valence-corrected chi connectivity index (χ0v) is 29.0. The number of pyridine rings is 1. The fraction of sp³-hybridized carbons (Fsp3) is 0.571. The molecule has 5 amide bonds. The van der Waals surface area contributed by atoms with Crippen molar-refractivity contribution in [3.05, 3.63) is 35.8 Å². The van der Waals surface area contributed by atoms with E-state index in [0.717, 1.165) is 19.3 Å². The summed E-state index contributed by atoms with van der Waals surface area (Å²) in [7, 11) is 0. The van der Waals surface area contributed by atoms with Gasteiger partial charge in [-0.3, -0.25) is 24.0 Å². The molecule has 2 aliphatic heterocycles. The molecule has 0 bridgehead atoms. The van der Waals surface area contributed by atoms with Crippen LogP contribution in [0.4, 0.5) is 9.18 Å². The fourth-order valence-corrected chi connectivity index (χ4v) is 6.38. The van der Waals surface area contributed by atoms with Gasteiger partial charge in [-0.15, -0.1) is 0 Å². The smallest absolute Gasteiger partial charge is 0.409 e. The molecule has 1 saturated carbocycles. The Balaban J connectivity index is 1.31. The van der Waals surface area contributed by atoms with Crippen LogP contribution in [-0.4, -0.2) is 126 Å². The van der Waals surface area contributed by atoms with Crippen LogP contribution in [0.25, 0.3) is 10.9 Å². The molecular formula is C35H45FN6O9. The number of nitrogens with zero attached hydrogens (tertiary/aromatic N) is 4. The van der Waals surface area contributed by atoms with E-state index in [0.29, 0.717) is 19.4 Å². The lowest BCUT2D eigenvalue weighted by atomic mass is 9.93. The van der Waals surface area contributed by atoms with Crippen molar-refractivity contribution in [2.45, 2.75) is 76.9 Å². The molecule has 3 fully saturated rings. The number of hydrogen-bond acceptors (Lipinski definition) is 10. The van der Waals surface area contributed by atoms with Gasteiger partial charge in [0.2, 0.25) is 11.8 Å². The fourth-order valence-electron chi connectivity index (χ4n) is 6.38. The van der Waals surface area contributed by atoms with Crippen molar-refractivity contribution >= 4 is 46.6 Å². The highest BCUT2D eigenvalue weighted by atomic mass is 19.1. The first-order valence-electron chi connectivity index (χ1n) is 17.6. The number of piperazine rings is 1. The summed E-state index contributed by atoms with van der Waals surface area (Å²) in [5.41, 5.74) is -0.135. The van der Waals surface area contributed by atoms with E-state index in [1.54, 1.807) is 13.8 Å². The van der Waals surface area contributed by atoms with Gasteiger partial charge in [-0.25, -0.2) is 14.2 Å². The van der Waals surface area contributed by atoms with Gasteiger partial charge in [-0.1, -0.05) is 6.07 Å². The average molecular weight is 713 g/mol. The molecular weight excluding hydrogens is 667 g/mol. The minimum absolute atomic E-state index is 0.0445. The van der Waals surface area contributed by atoms with Gasteiger partial charge in [0.15, 0.2) is 6.61 Å². The van der Waals surface area contributed by atoms with Gasteiger partial charge < -0.3 is 39.5 Å². The molecule has 0 spiro atoms. The van der Waals surface area contributed by atoms with Crippen LogP contribution in [0, 0.1) is 5.82 Å². The number of halogens is 1. The van der Waals surface area contributed by atoms with Gasteiger partial charge in [-0.05, 0) is 64.5 Å². The Bertz CT molecular complexity index is 1630. The molecule has 1 aromatic carbocycles. The van der Waals surface area contributed by atoms with Gasteiger partial charge >= 0.3 is 12.1 Å². The lowest BCUT2D eigenvalue weighted by Crippen LogP contribution is -2.56. The Morgan fingerprint density at radius 1 is 0.941 bits per heavy atom. The van der Waals surface area contributed by atoms with E-state index in [1.807, 2.05) is 0 Å². The van der Waals surface area contributed by atoms with Gasteiger partial charge in [0.1, 0.15) is 29.3 Å². The first-order valence-corrected chi connectivity index (χ1v) is 17.6. The summed E-state index contributed by atoms with van der Waals surface area (Å²) in [6.07, 6.45) is 3.36. The Morgan fingerprint density at radius 3 is 2.35 bits per heavy atom. The Kier molecular flexibility index (Phi) is 12.6. The maximum atomic E-state index is 15.1. The first-order chi connectivity index (χ1) is 24.6. The molecule has 5 rings (SSSR count). The largest absolute Gasteiger partial charge is 0.483 e. The predicted octanol–water partition coefficient (Wildman–Crippen LogP) is 2.15.